The molecular weight excluding hydrogens is 276 g/mol. The van der Waals surface area contributed by atoms with Gasteiger partial charge in [0.05, 0.1) is 6.10 Å². The number of aliphatic hydroxyl groups is 1. The highest BCUT2D eigenvalue weighted by atomic mass is 32.1. The molecule has 0 amide bonds. The summed E-state index contributed by atoms with van der Waals surface area (Å²) in [5.74, 6) is 0. The van der Waals surface area contributed by atoms with Gasteiger partial charge in [-0.05, 0) is 53.5 Å². The number of aryl methyl sites for hydroxylation is 2. The molecule has 0 saturated heterocycles. The molecule has 1 N–H and O–H groups in total. The molecule has 1 aromatic heterocycles. The lowest BCUT2D eigenvalue weighted by Gasteiger charge is -2.10. The van der Waals surface area contributed by atoms with Crippen LogP contribution in [0.25, 0.3) is 10.1 Å². The normalized spacial score (nSPS) is 15.3. The number of benzene rings is 2. The van der Waals surface area contributed by atoms with Crippen LogP contribution in [0.4, 0.5) is 0 Å². The summed E-state index contributed by atoms with van der Waals surface area (Å²) in [7, 11) is 0. The standard InChI is InChI=1S/C19H18OS/c20-17(19-12-16-4-1-2-7-18(16)21-19)11-13-8-9-14-5-3-6-15(14)10-13/h1-2,4,7-10,12,17,20H,3,5-6,11H2. The Morgan fingerprint density at radius 2 is 1.86 bits per heavy atom. The third-order valence-electron chi connectivity index (χ3n) is 4.36. The summed E-state index contributed by atoms with van der Waals surface area (Å²) in [5.41, 5.74) is 4.23. The van der Waals surface area contributed by atoms with Crippen LogP contribution in [-0.2, 0) is 19.3 Å². The molecule has 0 saturated carbocycles. The van der Waals surface area contributed by atoms with E-state index in [1.54, 1.807) is 11.3 Å². The second kappa shape index (κ2) is 5.28. The van der Waals surface area contributed by atoms with Crippen LogP contribution in [-0.4, -0.2) is 5.11 Å². The zero-order valence-corrected chi connectivity index (χ0v) is 12.7. The Labute approximate surface area is 128 Å². The fraction of sp³-hybridized carbons (Fsp3) is 0.263. The van der Waals surface area contributed by atoms with Gasteiger partial charge in [-0.25, -0.2) is 0 Å². The molecule has 3 aromatic rings. The van der Waals surface area contributed by atoms with Gasteiger partial charge in [0.25, 0.3) is 0 Å². The minimum Gasteiger partial charge on any atom is -0.387 e. The first-order valence-corrected chi connectivity index (χ1v) is 8.38. The van der Waals surface area contributed by atoms with E-state index in [-0.39, 0.29) is 0 Å². The second-order valence-corrected chi connectivity index (χ2v) is 6.98. The highest BCUT2D eigenvalue weighted by Crippen LogP contribution is 2.32. The first kappa shape index (κ1) is 13.1. The molecule has 0 fully saturated rings. The van der Waals surface area contributed by atoms with Gasteiger partial charge in [0.1, 0.15) is 0 Å². The van der Waals surface area contributed by atoms with Gasteiger partial charge in [-0.3, -0.25) is 0 Å². The van der Waals surface area contributed by atoms with Crippen molar-refractivity contribution >= 4 is 21.4 Å². The summed E-state index contributed by atoms with van der Waals surface area (Å²) in [6.07, 6.45) is 4.00. The zero-order chi connectivity index (χ0) is 14.2. The molecular formula is C19H18OS. The minimum absolute atomic E-state index is 0.401. The molecule has 1 aliphatic carbocycles. The topological polar surface area (TPSA) is 20.2 Å². The van der Waals surface area contributed by atoms with Crippen LogP contribution in [0.3, 0.4) is 0 Å². The average molecular weight is 294 g/mol. The Bertz CT molecular complexity index is 754. The molecule has 1 atom stereocenters. The second-order valence-electron chi connectivity index (χ2n) is 5.86. The maximum absolute atomic E-state index is 10.5. The molecule has 1 unspecified atom stereocenters. The van der Waals surface area contributed by atoms with Gasteiger partial charge < -0.3 is 5.11 Å². The van der Waals surface area contributed by atoms with E-state index in [4.69, 9.17) is 0 Å². The summed E-state index contributed by atoms with van der Waals surface area (Å²) in [6.45, 7) is 0. The fourth-order valence-electron chi connectivity index (χ4n) is 3.24. The van der Waals surface area contributed by atoms with E-state index in [0.29, 0.717) is 6.42 Å². The molecule has 1 aliphatic rings. The Morgan fingerprint density at radius 1 is 1.00 bits per heavy atom. The van der Waals surface area contributed by atoms with E-state index in [0.717, 1.165) is 4.88 Å². The summed E-state index contributed by atoms with van der Waals surface area (Å²) >= 11 is 1.70. The maximum atomic E-state index is 10.5. The molecule has 106 valence electrons. The minimum atomic E-state index is -0.401. The molecule has 1 heterocycles. The van der Waals surface area contributed by atoms with Crippen molar-refractivity contribution in [3.63, 3.8) is 0 Å². The first-order valence-electron chi connectivity index (χ1n) is 7.57. The van der Waals surface area contributed by atoms with Crippen LogP contribution < -0.4 is 0 Å². The van der Waals surface area contributed by atoms with Gasteiger partial charge >= 0.3 is 0 Å². The molecule has 0 radical (unpaired) electrons. The predicted molar refractivity (Wildman–Crippen MR) is 89.0 cm³/mol. The maximum Gasteiger partial charge on any atom is 0.0922 e. The van der Waals surface area contributed by atoms with Crippen LogP contribution in [0.15, 0.2) is 48.5 Å². The Hall–Kier alpha value is -1.64. The fourth-order valence-corrected chi connectivity index (χ4v) is 4.29. The number of thiophene rings is 1. The van der Waals surface area contributed by atoms with Crippen molar-refractivity contribution in [2.75, 3.05) is 0 Å². The number of aliphatic hydroxyl groups excluding tert-OH is 1. The van der Waals surface area contributed by atoms with E-state index in [9.17, 15) is 5.11 Å². The van der Waals surface area contributed by atoms with Gasteiger partial charge in [0.15, 0.2) is 0 Å². The lowest BCUT2D eigenvalue weighted by molar-refractivity contribution is 0.182. The molecule has 0 aliphatic heterocycles. The highest BCUT2D eigenvalue weighted by molar-refractivity contribution is 7.19. The molecule has 4 rings (SSSR count). The Balaban J connectivity index is 1.58. The quantitative estimate of drug-likeness (QED) is 0.744. The van der Waals surface area contributed by atoms with Crippen molar-refractivity contribution < 1.29 is 5.11 Å². The van der Waals surface area contributed by atoms with Crippen molar-refractivity contribution in [3.8, 4) is 0 Å². The van der Waals surface area contributed by atoms with E-state index in [2.05, 4.69) is 42.5 Å². The molecule has 0 spiro atoms. The van der Waals surface area contributed by atoms with Crippen LogP contribution >= 0.6 is 11.3 Å². The van der Waals surface area contributed by atoms with Gasteiger partial charge in [0.2, 0.25) is 0 Å². The van der Waals surface area contributed by atoms with Crippen molar-refractivity contribution in [2.24, 2.45) is 0 Å². The monoisotopic (exact) mass is 294 g/mol. The average Bonchev–Trinajstić information content (AvgIpc) is 3.13. The highest BCUT2D eigenvalue weighted by Gasteiger charge is 2.15. The van der Waals surface area contributed by atoms with E-state index in [1.807, 2.05) is 6.07 Å². The van der Waals surface area contributed by atoms with Crippen molar-refractivity contribution in [1.29, 1.82) is 0 Å². The van der Waals surface area contributed by atoms with Crippen molar-refractivity contribution in [2.45, 2.75) is 31.8 Å². The smallest absolute Gasteiger partial charge is 0.0922 e. The summed E-state index contributed by atoms with van der Waals surface area (Å²) < 4.78 is 1.25. The molecule has 21 heavy (non-hydrogen) atoms. The lowest BCUT2D eigenvalue weighted by atomic mass is 10.0. The zero-order valence-electron chi connectivity index (χ0n) is 11.9. The lowest BCUT2D eigenvalue weighted by Crippen LogP contribution is -2.00. The van der Waals surface area contributed by atoms with Gasteiger partial charge in [-0.1, -0.05) is 36.4 Å². The Morgan fingerprint density at radius 3 is 2.76 bits per heavy atom. The third-order valence-corrected chi connectivity index (χ3v) is 5.58. The molecule has 0 bridgehead atoms. The van der Waals surface area contributed by atoms with E-state index < -0.39 is 6.10 Å². The van der Waals surface area contributed by atoms with Crippen molar-refractivity contribution in [1.82, 2.24) is 0 Å². The van der Waals surface area contributed by atoms with Gasteiger partial charge in [0, 0.05) is 16.0 Å². The summed E-state index contributed by atoms with van der Waals surface area (Å²) in [5, 5.41) is 11.8. The SMILES string of the molecule is OC(Cc1ccc2c(c1)CCC2)c1cc2ccccc2s1. The third kappa shape index (κ3) is 2.50. The number of rotatable bonds is 3. The first-order chi connectivity index (χ1) is 10.3. The number of hydrogen-bond donors (Lipinski definition) is 1. The van der Waals surface area contributed by atoms with Gasteiger partial charge in [-0.2, -0.15) is 0 Å². The number of hydrogen-bond acceptors (Lipinski definition) is 2. The Kier molecular flexibility index (Phi) is 3.28. The van der Waals surface area contributed by atoms with Gasteiger partial charge in [-0.15, -0.1) is 11.3 Å². The molecule has 1 nitrogen and oxygen atoms in total. The van der Waals surface area contributed by atoms with Crippen LogP contribution in [0.1, 0.15) is 34.1 Å². The summed E-state index contributed by atoms with van der Waals surface area (Å²) in [6, 6.07) is 17.2. The van der Waals surface area contributed by atoms with Crippen LogP contribution in [0, 0.1) is 0 Å². The van der Waals surface area contributed by atoms with Crippen molar-refractivity contribution in [3.05, 3.63) is 70.1 Å². The predicted octanol–water partition coefficient (Wildman–Crippen LogP) is 4.67. The van der Waals surface area contributed by atoms with Crippen LogP contribution in [0.5, 0.6) is 0 Å². The molecule has 2 aromatic carbocycles. The largest absolute Gasteiger partial charge is 0.387 e. The summed E-state index contributed by atoms with van der Waals surface area (Å²) in [4.78, 5) is 1.07. The number of fused-ring (bicyclic) bond motifs is 2. The van der Waals surface area contributed by atoms with Crippen LogP contribution in [0.2, 0.25) is 0 Å². The molecule has 2 heteroatoms. The van der Waals surface area contributed by atoms with E-state index >= 15 is 0 Å². The van der Waals surface area contributed by atoms with E-state index in [1.165, 1.54) is 46.0 Å².